The van der Waals surface area contributed by atoms with Gasteiger partial charge in [-0.1, -0.05) is 0 Å². The van der Waals surface area contributed by atoms with Crippen LogP contribution >= 0.6 is 15.9 Å². The second kappa shape index (κ2) is 5.29. The molecule has 3 rings (SSSR count). The van der Waals surface area contributed by atoms with Crippen LogP contribution in [0.25, 0.3) is 0 Å². The van der Waals surface area contributed by atoms with Crippen molar-refractivity contribution in [1.29, 1.82) is 0 Å². The number of nitrogens with two attached hydrogens (primary N) is 1. The SMILES string of the molecule is Nc1cc(Br)c(F)cc1N1CCC(N2CCCC2)C1. The van der Waals surface area contributed by atoms with Crippen LogP contribution < -0.4 is 10.6 Å². The number of halogens is 2. The fraction of sp³-hybridized carbons (Fsp3) is 0.571. The van der Waals surface area contributed by atoms with Crippen LogP contribution in [0.15, 0.2) is 16.6 Å². The van der Waals surface area contributed by atoms with Crippen molar-refractivity contribution in [3.63, 3.8) is 0 Å². The quantitative estimate of drug-likeness (QED) is 0.848. The molecule has 0 aromatic heterocycles. The molecule has 0 aliphatic carbocycles. The first-order valence-electron chi connectivity index (χ1n) is 6.88. The molecule has 0 spiro atoms. The highest BCUT2D eigenvalue weighted by molar-refractivity contribution is 9.10. The van der Waals surface area contributed by atoms with Gasteiger partial charge in [0.1, 0.15) is 5.82 Å². The molecule has 0 radical (unpaired) electrons. The topological polar surface area (TPSA) is 32.5 Å². The second-order valence-corrected chi connectivity index (χ2v) is 6.31. The van der Waals surface area contributed by atoms with Crippen LogP contribution in [0.4, 0.5) is 15.8 Å². The van der Waals surface area contributed by atoms with Crippen molar-refractivity contribution in [2.75, 3.05) is 36.8 Å². The summed E-state index contributed by atoms with van der Waals surface area (Å²) in [7, 11) is 0. The Balaban J connectivity index is 1.75. The third-order valence-electron chi connectivity index (χ3n) is 4.23. The van der Waals surface area contributed by atoms with Crippen molar-refractivity contribution in [3.05, 3.63) is 22.4 Å². The van der Waals surface area contributed by atoms with E-state index in [4.69, 9.17) is 5.73 Å². The number of rotatable bonds is 2. The fourth-order valence-electron chi connectivity index (χ4n) is 3.19. The van der Waals surface area contributed by atoms with Crippen molar-refractivity contribution in [3.8, 4) is 0 Å². The summed E-state index contributed by atoms with van der Waals surface area (Å²) < 4.78 is 14.1. The maximum absolute atomic E-state index is 13.7. The summed E-state index contributed by atoms with van der Waals surface area (Å²) in [5.74, 6) is -0.242. The highest BCUT2D eigenvalue weighted by atomic mass is 79.9. The smallest absolute Gasteiger partial charge is 0.139 e. The molecule has 0 amide bonds. The summed E-state index contributed by atoms with van der Waals surface area (Å²) in [5.41, 5.74) is 7.50. The average molecular weight is 328 g/mol. The molecule has 2 N–H and O–H groups in total. The predicted molar refractivity (Wildman–Crippen MR) is 79.9 cm³/mol. The molecule has 2 fully saturated rings. The summed E-state index contributed by atoms with van der Waals surface area (Å²) >= 11 is 3.17. The molecule has 1 atom stereocenters. The lowest BCUT2D eigenvalue weighted by Crippen LogP contribution is -2.35. The van der Waals surface area contributed by atoms with Crippen LogP contribution in [0.3, 0.4) is 0 Å². The zero-order valence-electron chi connectivity index (χ0n) is 10.9. The third kappa shape index (κ3) is 2.58. The summed E-state index contributed by atoms with van der Waals surface area (Å²) in [6, 6.07) is 3.81. The maximum atomic E-state index is 13.7. The average Bonchev–Trinajstić information content (AvgIpc) is 3.03. The number of nitrogen functional groups attached to an aromatic ring is 1. The Bertz CT molecular complexity index is 474. The van der Waals surface area contributed by atoms with Crippen LogP contribution in [-0.4, -0.2) is 37.1 Å². The summed E-state index contributed by atoms with van der Waals surface area (Å²) in [4.78, 5) is 4.78. The lowest BCUT2D eigenvalue weighted by atomic mass is 10.2. The number of likely N-dealkylation sites (tertiary alicyclic amines) is 1. The number of anilines is 2. The number of hydrogen-bond acceptors (Lipinski definition) is 3. The molecule has 2 saturated heterocycles. The monoisotopic (exact) mass is 327 g/mol. The molecule has 3 nitrogen and oxygen atoms in total. The molecular formula is C14H19BrFN3. The van der Waals surface area contributed by atoms with Gasteiger partial charge >= 0.3 is 0 Å². The van der Waals surface area contributed by atoms with Gasteiger partial charge in [0.05, 0.1) is 15.8 Å². The number of hydrogen-bond donors (Lipinski definition) is 1. The third-order valence-corrected chi connectivity index (χ3v) is 4.84. The van der Waals surface area contributed by atoms with E-state index in [9.17, 15) is 4.39 Å². The van der Waals surface area contributed by atoms with Crippen LogP contribution in [0.1, 0.15) is 19.3 Å². The highest BCUT2D eigenvalue weighted by Gasteiger charge is 2.30. The van der Waals surface area contributed by atoms with E-state index in [0.717, 1.165) is 25.2 Å². The Morgan fingerprint density at radius 3 is 2.68 bits per heavy atom. The minimum atomic E-state index is -0.242. The first-order valence-corrected chi connectivity index (χ1v) is 7.68. The van der Waals surface area contributed by atoms with Crippen molar-refractivity contribution in [1.82, 2.24) is 4.90 Å². The highest BCUT2D eigenvalue weighted by Crippen LogP contribution is 2.32. The van der Waals surface area contributed by atoms with Crippen molar-refractivity contribution in [2.45, 2.75) is 25.3 Å². The first kappa shape index (κ1) is 13.2. The molecule has 2 aliphatic heterocycles. The van der Waals surface area contributed by atoms with Crippen molar-refractivity contribution >= 4 is 27.3 Å². The van der Waals surface area contributed by atoms with Gasteiger partial charge in [-0.3, -0.25) is 4.90 Å². The van der Waals surface area contributed by atoms with Crippen LogP contribution in [0.2, 0.25) is 0 Å². The molecule has 19 heavy (non-hydrogen) atoms. The summed E-state index contributed by atoms with van der Waals surface area (Å²) in [6.45, 7) is 4.35. The van der Waals surface area contributed by atoms with Gasteiger partial charge in [0.15, 0.2) is 0 Å². The molecular weight excluding hydrogens is 309 g/mol. The Morgan fingerprint density at radius 2 is 1.95 bits per heavy atom. The van der Waals surface area contributed by atoms with Gasteiger partial charge in [-0.2, -0.15) is 0 Å². The van der Waals surface area contributed by atoms with Gasteiger partial charge < -0.3 is 10.6 Å². The lowest BCUT2D eigenvalue weighted by molar-refractivity contribution is 0.260. The van der Waals surface area contributed by atoms with Crippen LogP contribution in [0, 0.1) is 5.82 Å². The minimum Gasteiger partial charge on any atom is -0.397 e. The number of benzene rings is 1. The van der Waals surface area contributed by atoms with Gasteiger partial charge in [-0.05, 0) is 54.3 Å². The molecule has 0 saturated carbocycles. The van der Waals surface area contributed by atoms with E-state index in [1.165, 1.54) is 25.9 Å². The Labute approximate surface area is 121 Å². The van der Waals surface area contributed by atoms with E-state index in [-0.39, 0.29) is 5.82 Å². The fourth-order valence-corrected chi connectivity index (χ4v) is 3.55. The standard InChI is InChI=1S/C14H19BrFN3/c15-11-7-13(17)14(8-12(11)16)19-6-3-10(9-19)18-4-1-2-5-18/h7-8,10H,1-6,9,17H2. The van der Waals surface area contributed by atoms with E-state index in [1.807, 2.05) is 0 Å². The summed E-state index contributed by atoms with van der Waals surface area (Å²) in [6.07, 6.45) is 3.77. The number of nitrogens with zero attached hydrogens (tertiary/aromatic N) is 2. The first-order chi connectivity index (χ1) is 9.15. The molecule has 1 unspecified atom stereocenters. The van der Waals surface area contributed by atoms with E-state index >= 15 is 0 Å². The van der Waals surface area contributed by atoms with E-state index in [0.29, 0.717) is 16.2 Å². The van der Waals surface area contributed by atoms with Crippen molar-refractivity contribution < 1.29 is 4.39 Å². The zero-order chi connectivity index (χ0) is 13.4. The predicted octanol–water partition coefficient (Wildman–Crippen LogP) is 2.84. The van der Waals surface area contributed by atoms with Crippen LogP contribution in [0.5, 0.6) is 0 Å². The lowest BCUT2D eigenvalue weighted by Gasteiger charge is -2.25. The molecule has 1 aromatic rings. The zero-order valence-corrected chi connectivity index (χ0v) is 12.5. The Kier molecular flexibility index (Phi) is 3.67. The summed E-state index contributed by atoms with van der Waals surface area (Å²) in [5, 5.41) is 0. The van der Waals surface area contributed by atoms with Gasteiger partial charge in [0.2, 0.25) is 0 Å². The molecule has 0 bridgehead atoms. The molecule has 2 heterocycles. The Hall–Kier alpha value is -0.810. The van der Waals surface area contributed by atoms with E-state index in [2.05, 4.69) is 25.7 Å². The van der Waals surface area contributed by atoms with Gasteiger partial charge in [-0.25, -0.2) is 4.39 Å². The maximum Gasteiger partial charge on any atom is 0.139 e. The normalized spacial score (nSPS) is 24.3. The van der Waals surface area contributed by atoms with Gasteiger partial charge in [0.25, 0.3) is 0 Å². The molecule has 104 valence electrons. The van der Waals surface area contributed by atoms with E-state index < -0.39 is 0 Å². The minimum absolute atomic E-state index is 0.242. The van der Waals surface area contributed by atoms with Gasteiger partial charge in [0, 0.05) is 25.2 Å². The van der Waals surface area contributed by atoms with E-state index in [1.54, 1.807) is 12.1 Å². The van der Waals surface area contributed by atoms with Crippen LogP contribution in [-0.2, 0) is 0 Å². The second-order valence-electron chi connectivity index (χ2n) is 5.46. The molecule has 5 heteroatoms. The molecule has 2 aliphatic rings. The van der Waals surface area contributed by atoms with Gasteiger partial charge in [-0.15, -0.1) is 0 Å². The molecule has 1 aromatic carbocycles. The largest absolute Gasteiger partial charge is 0.397 e. The Morgan fingerprint density at radius 1 is 1.21 bits per heavy atom. The van der Waals surface area contributed by atoms with Crippen molar-refractivity contribution in [2.24, 2.45) is 0 Å².